The Kier molecular flexibility index (Phi) is 3.62. The first-order chi connectivity index (χ1) is 8.88. The molecular formula is C14H16ClN3O. The van der Waals surface area contributed by atoms with Crippen molar-refractivity contribution in [3.05, 3.63) is 41.7 Å². The van der Waals surface area contributed by atoms with Crippen LogP contribution in [0.1, 0.15) is 20.8 Å². The van der Waals surface area contributed by atoms with Gasteiger partial charge in [0.15, 0.2) is 0 Å². The molecule has 0 unspecified atom stereocenters. The molecule has 1 heterocycles. The topological polar surface area (TPSA) is 46.9 Å². The highest BCUT2D eigenvalue weighted by atomic mass is 35.5. The average Bonchev–Trinajstić information content (AvgIpc) is 2.83. The van der Waals surface area contributed by atoms with Crippen LogP contribution in [0.25, 0.3) is 5.69 Å². The molecular weight excluding hydrogens is 262 g/mol. The monoisotopic (exact) mass is 277 g/mol. The zero-order valence-corrected chi connectivity index (χ0v) is 11.9. The van der Waals surface area contributed by atoms with E-state index >= 15 is 0 Å². The van der Waals surface area contributed by atoms with Gasteiger partial charge in [-0.1, -0.05) is 32.4 Å². The van der Waals surface area contributed by atoms with Gasteiger partial charge in [-0.2, -0.15) is 5.10 Å². The number of aromatic nitrogens is 2. The van der Waals surface area contributed by atoms with Crippen molar-refractivity contribution in [2.24, 2.45) is 5.41 Å². The van der Waals surface area contributed by atoms with Gasteiger partial charge in [-0.3, -0.25) is 4.79 Å². The van der Waals surface area contributed by atoms with Gasteiger partial charge in [0.05, 0.1) is 11.4 Å². The molecule has 5 heteroatoms. The molecule has 0 radical (unpaired) electrons. The van der Waals surface area contributed by atoms with Crippen LogP contribution in [-0.4, -0.2) is 15.7 Å². The maximum atomic E-state index is 12.1. The molecule has 1 aromatic heterocycles. The smallest absolute Gasteiger partial charge is 0.229 e. The predicted octanol–water partition coefficient (Wildman–Crippen LogP) is 3.51. The Labute approximate surface area is 117 Å². The van der Waals surface area contributed by atoms with Gasteiger partial charge >= 0.3 is 0 Å². The van der Waals surface area contributed by atoms with Crippen molar-refractivity contribution in [1.82, 2.24) is 9.78 Å². The maximum absolute atomic E-state index is 12.1. The minimum absolute atomic E-state index is 0.0526. The van der Waals surface area contributed by atoms with Crippen molar-refractivity contribution in [3.63, 3.8) is 0 Å². The van der Waals surface area contributed by atoms with Crippen LogP contribution >= 0.6 is 11.6 Å². The van der Waals surface area contributed by atoms with Crippen LogP contribution in [0.15, 0.2) is 36.7 Å². The summed E-state index contributed by atoms with van der Waals surface area (Å²) >= 11 is 6.01. The van der Waals surface area contributed by atoms with Crippen LogP contribution in [0.4, 0.5) is 5.69 Å². The third-order valence-corrected chi connectivity index (χ3v) is 2.88. The van der Waals surface area contributed by atoms with Crippen LogP contribution in [-0.2, 0) is 4.79 Å². The number of hydrogen-bond acceptors (Lipinski definition) is 2. The van der Waals surface area contributed by atoms with Crippen LogP contribution in [0, 0.1) is 5.41 Å². The lowest BCUT2D eigenvalue weighted by Crippen LogP contribution is -2.28. The van der Waals surface area contributed by atoms with Gasteiger partial charge < -0.3 is 5.32 Å². The van der Waals surface area contributed by atoms with E-state index in [1.54, 1.807) is 35.3 Å². The second-order valence-corrected chi connectivity index (χ2v) is 5.75. The Morgan fingerprint density at radius 2 is 2.11 bits per heavy atom. The Morgan fingerprint density at radius 3 is 2.68 bits per heavy atom. The Morgan fingerprint density at radius 1 is 1.37 bits per heavy atom. The molecule has 2 rings (SSSR count). The third-order valence-electron chi connectivity index (χ3n) is 2.64. The third kappa shape index (κ3) is 3.15. The number of halogens is 1. The molecule has 100 valence electrons. The van der Waals surface area contributed by atoms with Crippen molar-refractivity contribution in [2.45, 2.75) is 20.8 Å². The van der Waals surface area contributed by atoms with Gasteiger partial charge in [-0.05, 0) is 24.3 Å². The molecule has 0 saturated heterocycles. The van der Waals surface area contributed by atoms with Crippen LogP contribution < -0.4 is 5.32 Å². The fourth-order valence-electron chi connectivity index (χ4n) is 1.52. The first-order valence-electron chi connectivity index (χ1n) is 5.99. The molecule has 4 nitrogen and oxygen atoms in total. The van der Waals surface area contributed by atoms with E-state index in [0.29, 0.717) is 10.7 Å². The van der Waals surface area contributed by atoms with E-state index in [2.05, 4.69) is 10.4 Å². The number of benzene rings is 1. The first-order valence-corrected chi connectivity index (χ1v) is 6.37. The number of carbonyl (C=O) groups excluding carboxylic acids is 1. The molecule has 19 heavy (non-hydrogen) atoms. The number of hydrogen-bond donors (Lipinski definition) is 1. The molecule has 0 saturated carbocycles. The van der Waals surface area contributed by atoms with E-state index in [1.165, 1.54) is 0 Å². The molecule has 0 aliphatic carbocycles. The highest BCUT2D eigenvalue weighted by molar-refractivity contribution is 6.30. The van der Waals surface area contributed by atoms with Gasteiger partial charge in [0.1, 0.15) is 0 Å². The summed E-state index contributed by atoms with van der Waals surface area (Å²) in [6.45, 7) is 5.60. The molecule has 0 bridgehead atoms. The van der Waals surface area contributed by atoms with Gasteiger partial charge in [0, 0.05) is 22.8 Å². The standard InChI is InChI=1S/C14H16ClN3O/c1-14(2,3)13(19)17-11-6-5-10(15)9-12(11)18-8-4-7-16-18/h4-9H,1-3H3,(H,17,19). The summed E-state index contributed by atoms with van der Waals surface area (Å²) in [5.74, 6) is -0.0526. The number of nitrogens with one attached hydrogen (secondary N) is 1. The molecule has 0 aliphatic heterocycles. The van der Waals surface area contributed by atoms with Crippen molar-refractivity contribution in [3.8, 4) is 5.69 Å². The lowest BCUT2D eigenvalue weighted by Gasteiger charge is -2.19. The summed E-state index contributed by atoms with van der Waals surface area (Å²) in [6, 6.07) is 7.11. The van der Waals surface area contributed by atoms with E-state index in [1.807, 2.05) is 26.8 Å². The number of rotatable bonds is 2. The number of anilines is 1. The molecule has 0 spiro atoms. The van der Waals surface area contributed by atoms with E-state index in [-0.39, 0.29) is 5.91 Å². The summed E-state index contributed by atoms with van der Waals surface area (Å²) in [7, 11) is 0. The summed E-state index contributed by atoms with van der Waals surface area (Å²) < 4.78 is 1.67. The van der Waals surface area contributed by atoms with Crippen LogP contribution in [0.5, 0.6) is 0 Å². The summed E-state index contributed by atoms with van der Waals surface area (Å²) in [5, 5.41) is 7.67. The van der Waals surface area contributed by atoms with Crippen LogP contribution in [0.2, 0.25) is 5.02 Å². The van der Waals surface area contributed by atoms with Crippen molar-refractivity contribution in [2.75, 3.05) is 5.32 Å². The number of nitrogens with zero attached hydrogens (tertiary/aromatic N) is 2. The van der Waals surface area contributed by atoms with E-state index in [0.717, 1.165) is 5.69 Å². The average molecular weight is 278 g/mol. The Balaban J connectivity index is 2.39. The first kappa shape index (κ1) is 13.6. The highest BCUT2D eigenvalue weighted by Gasteiger charge is 2.22. The SMILES string of the molecule is CC(C)(C)C(=O)Nc1ccc(Cl)cc1-n1cccn1. The van der Waals surface area contributed by atoms with E-state index in [9.17, 15) is 4.79 Å². The van der Waals surface area contributed by atoms with E-state index < -0.39 is 5.41 Å². The molecule has 0 fully saturated rings. The molecule has 0 aliphatic rings. The normalized spacial score (nSPS) is 11.4. The lowest BCUT2D eigenvalue weighted by molar-refractivity contribution is -0.123. The van der Waals surface area contributed by atoms with Crippen molar-refractivity contribution >= 4 is 23.2 Å². The maximum Gasteiger partial charge on any atom is 0.229 e. The Bertz CT molecular complexity index is 585. The second-order valence-electron chi connectivity index (χ2n) is 5.32. The molecule has 1 N–H and O–H groups in total. The van der Waals surface area contributed by atoms with Crippen molar-refractivity contribution < 1.29 is 4.79 Å². The summed E-state index contributed by atoms with van der Waals surface area (Å²) in [6.07, 6.45) is 3.48. The zero-order valence-electron chi connectivity index (χ0n) is 11.1. The Hall–Kier alpha value is -1.81. The quantitative estimate of drug-likeness (QED) is 0.913. The zero-order chi connectivity index (χ0) is 14.0. The predicted molar refractivity (Wildman–Crippen MR) is 76.7 cm³/mol. The fourth-order valence-corrected chi connectivity index (χ4v) is 1.69. The largest absolute Gasteiger partial charge is 0.324 e. The summed E-state index contributed by atoms with van der Waals surface area (Å²) in [4.78, 5) is 12.1. The van der Waals surface area contributed by atoms with Crippen molar-refractivity contribution in [1.29, 1.82) is 0 Å². The minimum atomic E-state index is -0.457. The molecule has 2 aromatic rings. The second kappa shape index (κ2) is 5.05. The van der Waals surface area contributed by atoms with E-state index in [4.69, 9.17) is 11.6 Å². The summed E-state index contributed by atoms with van der Waals surface area (Å²) in [5.41, 5.74) is 0.976. The molecule has 0 atom stereocenters. The number of carbonyl (C=O) groups is 1. The molecule has 1 amide bonds. The number of amides is 1. The molecule has 1 aromatic carbocycles. The van der Waals surface area contributed by atoms with Crippen LogP contribution in [0.3, 0.4) is 0 Å². The van der Waals surface area contributed by atoms with Gasteiger partial charge in [-0.15, -0.1) is 0 Å². The minimum Gasteiger partial charge on any atom is -0.324 e. The van der Waals surface area contributed by atoms with Gasteiger partial charge in [0.25, 0.3) is 0 Å². The lowest BCUT2D eigenvalue weighted by atomic mass is 9.95. The van der Waals surface area contributed by atoms with Gasteiger partial charge in [-0.25, -0.2) is 4.68 Å². The fraction of sp³-hybridized carbons (Fsp3) is 0.286. The van der Waals surface area contributed by atoms with Gasteiger partial charge in [0.2, 0.25) is 5.91 Å². The highest BCUT2D eigenvalue weighted by Crippen LogP contribution is 2.26.